The van der Waals surface area contributed by atoms with Crippen LogP contribution in [0.4, 0.5) is 0 Å². The summed E-state index contributed by atoms with van der Waals surface area (Å²) in [6, 6.07) is 5.75. The second-order valence-corrected chi connectivity index (χ2v) is 5.21. The minimum absolute atomic E-state index is 0.0845. The van der Waals surface area contributed by atoms with Crippen molar-refractivity contribution in [2.45, 2.75) is 47.5 Å². The molecule has 3 heteroatoms. The fourth-order valence-electron chi connectivity index (χ4n) is 2.07. The summed E-state index contributed by atoms with van der Waals surface area (Å²) < 4.78 is 5.83. The molecular weight excluding hydrogens is 262 g/mol. The highest BCUT2D eigenvalue weighted by molar-refractivity contribution is 5.94. The summed E-state index contributed by atoms with van der Waals surface area (Å²) in [6.45, 7) is 12.3. The topological polar surface area (TPSA) is 29.5 Å². The molecule has 1 fully saturated rings. The summed E-state index contributed by atoms with van der Waals surface area (Å²) in [4.78, 5) is 14.1. The van der Waals surface area contributed by atoms with E-state index in [1.807, 2.05) is 57.7 Å². The molecule has 118 valence electrons. The van der Waals surface area contributed by atoms with E-state index in [9.17, 15) is 4.79 Å². The Balaban J connectivity index is 0.00000106. The minimum atomic E-state index is 0.0845. The van der Waals surface area contributed by atoms with Crippen molar-refractivity contribution in [2.24, 2.45) is 5.92 Å². The van der Waals surface area contributed by atoms with Gasteiger partial charge in [0.25, 0.3) is 5.91 Å². The van der Waals surface area contributed by atoms with Gasteiger partial charge in [0.05, 0.1) is 6.61 Å². The predicted octanol–water partition coefficient (Wildman–Crippen LogP) is 4.29. The van der Waals surface area contributed by atoms with Crippen molar-refractivity contribution in [3.05, 3.63) is 29.3 Å². The molecule has 0 bridgehead atoms. The first-order chi connectivity index (χ1) is 10.2. The molecule has 1 aliphatic rings. The largest absolute Gasteiger partial charge is 0.493 e. The third-order valence-corrected chi connectivity index (χ3v) is 3.66. The monoisotopic (exact) mass is 291 g/mol. The molecule has 1 amide bonds. The molecular formula is C18H29NO2. The van der Waals surface area contributed by atoms with E-state index in [1.54, 1.807) is 0 Å². The molecule has 0 saturated heterocycles. The van der Waals surface area contributed by atoms with Gasteiger partial charge in [-0.2, -0.15) is 0 Å². The van der Waals surface area contributed by atoms with Crippen molar-refractivity contribution in [3.8, 4) is 5.75 Å². The maximum Gasteiger partial charge on any atom is 0.253 e. The lowest BCUT2D eigenvalue weighted by molar-refractivity contribution is 0.0772. The Morgan fingerprint density at radius 1 is 1.24 bits per heavy atom. The Morgan fingerprint density at radius 3 is 2.38 bits per heavy atom. The molecule has 0 aliphatic heterocycles. The van der Waals surface area contributed by atoms with E-state index in [4.69, 9.17) is 4.74 Å². The molecule has 0 heterocycles. The fraction of sp³-hybridized carbons (Fsp3) is 0.611. The molecule has 0 atom stereocenters. The van der Waals surface area contributed by atoms with E-state index in [1.165, 1.54) is 12.8 Å². The minimum Gasteiger partial charge on any atom is -0.493 e. The first-order valence-electron chi connectivity index (χ1n) is 8.18. The van der Waals surface area contributed by atoms with E-state index in [2.05, 4.69) is 0 Å². The first-order valence-corrected chi connectivity index (χ1v) is 8.18. The zero-order valence-electron chi connectivity index (χ0n) is 14.1. The van der Waals surface area contributed by atoms with Crippen LogP contribution in [0.5, 0.6) is 5.75 Å². The van der Waals surface area contributed by atoms with Gasteiger partial charge < -0.3 is 9.64 Å². The molecule has 2 rings (SSSR count). The summed E-state index contributed by atoms with van der Waals surface area (Å²) in [7, 11) is 0. The van der Waals surface area contributed by atoms with Crippen LogP contribution in [0, 0.1) is 12.8 Å². The molecule has 0 N–H and O–H groups in total. The van der Waals surface area contributed by atoms with Crippen LogP contribution >= 0.6 is 0 Å². The number of aryl methyl sites for hydroxylation is 1. The molecule has 21 heavy (non-hydrogen) atoms. The summed E-state index contributed by atoms with van der Waals surface area (Å²) in [5, 5.41) is 0. The van der Waals surface area contributed by atoms with Crippen LogP contribution in [-0.4, -0.2) is 30.5 Å². The van der Waals surface area contributed by atoms with Gasteiger partial charge in [-0.05, 0) is 57.2 Å². The fourth-order valence-corrected chi connectivity index (χ4v) is 2.07. The quantitative estimate of drug-likeness (QED) is 0.782. The normalized spacial score (nSPS) is 13.2. The van der Waals surface area contributed by atoms with Gasteiger partial charge in [-0.15, -0.1) is 0 Å². The third-order valence-electron chi connectivity index (χ3n) is 3.66. The molecule has 1 saturated carbocycles. The van der Waals surface area contributed by atoms with Gasteiger partial charge in [-0.25, -0.2) is 0 Å². The van der Waals surface area contributed by atoms with Crippen LogP contribution < -0.4 is 4.74 Å². The summed E-state index contributed by atoms with van der Waals surface area (Å²) in [5.74, 6) is 1.66. The number of rotatable bonds is 6. The SMILES string of the molecule is CC.CCN(CC)C(=O)c1ccc(C)c(OCC2CC2)c1. The number of carbonyl (C=O) groups is 1. The average molecular weight is 291 g/mol. The zero-order chi connectivity index (χ0) is 15.8. The summed E-state index contributed by atoms with van der Waals surface area (Å²) in [6.07, 6.45) is 2.55. The zero-order valence-corrected chi connectivity index (χ0v) is 14.1. The number of carbonyl (C=O) groups excluding carboxylic acids is 1. The molecule has 0 spiro atoms. The van der Waals surface area contributed by atoms with E-state index < -0.39 is 0 Å². The van der Waals surface area contributed by atoms with Crippen molar-refractivity contribution in [1.82, 2.24) is 4.90 Å². The van der Waals surface area contributed by atoms with Crippen LogP contribution in [0.15, 0.2) is 18.2 Å². The van der Waals surface area contributed by atoms with Crippen molar-refractivity contribution >= 4 is 5.91 Å². The third kappa shape index (κ3) is 5.07. The predicted molar refractivity (Wildman–Crippen MR) is 88.0 cm³/mol. The lowest BCUT2D eigenvalue weighted by atomic mass is 10.1. The van der Waals surface area contributed by atoms with Crippen molar-refractivity contribution in [2.75, 3.05) is 19.7 Å². The maximum absolute atomic E-state index is 12.3. The van der Waals surface area contributed by atoms with E-state index in [0.717, 1.165) is 42.5 Å². The van der Waals surface area contributed by atoms with Gasteiger partial charge in [0.1, 0.15) is 5.75 Å². The number of benzene rings is 1. The van der Waals surface area contributed by atoms with Crippen LogP contribution in [0.2, 0.25) is 0 Å². The highest BCUT2D eigenvalue weighted by atomic mass is 16.5. The maximum atomic E-state index is 12.3. The van der Waals surface area contributed by atoms with Gasteiger partial charge in [-0.1, -0.05) is 19.9 Å². The van der Waals surface area contributed by atoms with Crippen LogP contribution in [0.1, 0.15) is 56.5 Å². The van der Waals surface area contributed by atoms with Gasteiger partial charge in [0, 0.05) is 18.7 Å². The number of amides is 1. The van der Waals surface area contributed by atoms with E-state index in [-0.39, 0.29) is 5.91 Å². The van der Waals surface area contributed by atoms with Gasteiger partial charge >= 0.3 is 0 Å². The van der Waals surface area contributed by atoms with Gasteiger partial charge in [0.2, 0.25) is 0 Å². The number of hydrogen-bond acceptors (Lipinski definition) is 2. The van der Waals surface area contributed by atoms with Crippen LogP contribution in [-0.2, 0) is 0 Å². The molecule has 0 aromatic heterocycles. The van der Waals surface area contributed by atoms with Gasteiger partial charge in [0.15, 0.2) is 0 Å². The highest BCUT2D eigenvalue weighted by Gasteiger charge is 2.22. The first kappa shape index (κ1) is 17.5. The Morgan fingerprint density at radius 2 is 1.86 bits per heavy atom. The highest BCUT2D eigenvalue weighted by Crippen LogP contribution is 2.30. The lowest BCUT2D eigenvalue weighted by Gasteiger charge is -2.19. The number of ether oxygens (including phenoxy) is 1. The second-order valence-electron chi connectivity index (χ2n) is 5.21. The van der Waals surface area contributed by atoms with Crippen molar-refractivity contribution in [3.63, 3.8) is 0 Å². The smallest absolute Gasteiger partial charge is 0.253 e. The molecule has 1 aliphatic carbocycles. The van der Waals surface area contributed by atoms with E-state index in [0.29, 0.717) is 0 Å². The van der Waals surface area contributed by atoms with Crippen molar-refractivity contribution in [1.29, 1.82) is 0 Å². The summed E-state index contributed by atoms with van der Waals surface area (Å²) >= 11 is 0. The standard InChI is InChI=1S/C16H23NO2.C2H6/c1-4-17(5-2)16(18)14-9-6-12(3)15(10-14)19-11-13-7-8-13;1-2/h6,9-10,13H,4-5,7-8,11H2,1-3H3;1-2H3. The Kier molecular flexibility index (Phi) is 7.27. The Bertz CT molecular complexity index is 449. The summed E-state index contributed by atoms with van der Waals surface area (Å²) in [5.41, 5.74) is 1.82. The van der Waals surface area contributed by atoms with Crippen molar-refractivity contribution < 1.29 is 9.53 Å². The lowest BCUT2D eigenvalue weighted by Crippen LogP contribution is -2.30. The van der Waals surface area contributed by atoms with Gasteiger partial charge in [-0.3, -0.25) is 4.79 Å². The number of hydrogen-bond donors (Lipinski definition) is 0. The Labute approximate surface area is 129 Å². The Hall–Kier alpha value is -1.51. The molecule has 0 unspecified atom stereocenters. The molecule has 3 nitrogen and oxygen atoms in total. The number of nitrogens with zero attached hydrogens (tertiary/aromatic N) is 1. The average Bonchev–Trinajstić information content (AvgIpc) is 3.34. The van der Waals surface area contributed by atoms with Crippen LogP contribution in [0.25, 0.3) is 0 Å². The van der Waals surface area contributed by atoms with E-state index >= 15 is 0 Å². The second kappa shape index (κ2) is 8.71. The molecule has 1 aromatic rings. The molecule has 0 radical (unpaired) electrons. The molecule has 1 aromatic carbocycles. The van der Waals surface area contributed by atoms with Crippen LogP contribution in [0.3, 0.4) is 0 Å².